The van der Waals surface area contributed by atoms with Gasteiger partial charge in [-0.25, -0.2) is 5.53 Å². The molecule has 0 spiro atoms. The summed E-state index contributed by atoms with van der Waals surface area (Å²) in [7, 11) is 1.76. The molecule has 4 heteroatoms. The number of hydrazine groups is 1. The molecule has 1 heterocycles. The fraction of sp³-hybridized carbons (Fsp3) is 0.200. The lowest BCUT2D eigenvalue weighted by molar-refractivity contribution is 0.252. The second-order valence-electron chi connectivity index (χ2n) is 1.61. The van der Waals surface area contributed by atoms with Crippen LogP contribution in [0, 0.1) is 0 Å². The lowest BCUT2D eigenvalue weighted by Gasteiger charge is -2.14. The van der Waals surface area contributed by atoms with Crippen molar-refractivity contribution in [1.29, 1.82) is 0 Å². The largest absolute Gasteiger partial charge is 0.202 e. The molecule has 0 aliphatic carbocycles. The van der Waals surface area contributed by atoms with Crippen molar-refractivity contribution < 1.29 is 0 Å². The lowest BCUT2D eigenvalue weighted by atomic mass is 10.4. The first kappa shape index (κ1) is 5.81. The Balaban J connectivity index is 2.62. The van der Waals surface area contributed by atoms with Crippen LogP contribution < -0.4 is 5.53 Å². The van der Waals surface area contributed by atoms with E-state index in [1.165, 1.54) is 5.12 Å². The van der Waals surface area contributed by atoms with Gasteiger partial charge in [-0.3, -0.25) is 0 Å². The summed E-state index contributed by atoms with van der Waals surface area (Å²) in [5, 5.41) is 9.24. The van der Waals surface area contributed by atoms with Crippen LogP contribution >= 0.6 is 0 Å². The number of rotatable bonds is 1. The van der Waals surface area contributed by atoms with Gasteiger partial charge in [-0.15, -0.1) is 0 Å². The van der Waals surface area contributed by atoms with E-state index in [1.54, 1.807) is 19.3 Å². The van der Waals surface area contributed by atoms with E-state index in [0.29, 0.717) is 0 Å². The first-order valence-electron chi connectivity index (χ1n) is 2.56. The van der Waals surface area contributed by atoms with Crippen LogP contribution in [-0.4, -0.2) is 24.1 Å². The molecule has 0 unspecified atom stereocenters. The molecular weight excluding hydrogens is 116 g/mol. The van der Waals surface area contributed by atoms with Crippen LogP contribution in [0.25, 0.3) is 0 Å². The van der Waals surface area contributed by atoms with Crippen molar-refractivity contribution in [2.45, 2.75) is 0 Å². The molecule has 4 nitrogen and oxygen atoms in total. The fourth-order valence-corrected chi connectivity index (χ4v) is 0.429. The van der Waals surface area contributed by atoms with Crippen molar-refractivity contribution in [3.63, 3.8) is 0 Å². The summed E-state index contributed by atoms with van der Waals surface area (Å²) < 4.78 is 0. The normalized spacial score (nSPS) is 16.6. The summed E-state index contributed by atoms with van der Waals surface area (Å²) in [6, 6.07) is 0. The first-order chi connectivity index (χ1) is 4.33. The van der Waals surface area contributed by atoms with Crippen molar-refractivity contribution in [2.24, 2.45) is 10.2 Å². The maximum atomic E-state index is 3.88. The molecular formula is C5H8N4. The van der Waals surface area contributed by atoms with Gasteiger partial charge in [0.15, 0.2) is 0 Å². The van der Waals surface area contributed by atoms with Crippen LogP contribution in [0.3, 0.4) is 0 Å². The van der Waals surface area contributed by atoms with Gasteiger partial charge < -0.3 is 0 Å². The Bertz CT molecular complexity index is 170. The number of nitrogens with zero attached hydrogens (tertiary/aromatic N) is 3. The zero-order valence-electron chi connectivity index (χ0n) is 5.20. The molecule has 48 valence electrons. The van der Waals surface area contributed by atoms with Gasteiger partial charge in [0.2, 0.25) is 0 Å². The van der Waals surface area contributed by atoms with E-state index in [0.717, 1.165) is 5.71 Å². The van der Waals surface area contributed by atoms with Crippen LogP contribution in [0.15, 0.2) is 22.9 Å². The Morgan fingerprint density at radius 3 is 3.11 bits per heavy atom. The molecule has 9 heavy (non-hydrogen) atoms. The Labute approximate surface area is 53.5 Å². The summed E-state index contributed by atoms with van der Waals surface area (Å²) in [6.07, 6.45) is 3.26. The molecule has 0 aromatic heterocycles. The average molecular weight is 124 g/mol. The monoisotopic (exact) mass is 124 g/mol. The fourth-order valence-electron chi connectivity index (χ4n) is 0.429. The maximum Gasteiger partial charge on any atom is 0.104 e. The number of nitrogens with one attached hydrogen (secondary N) is 1. The van der Waals surface area contributed by atoms with Gasteiger partial charge in [0.1, 0.15) is 5.71 Å². The van der Waals surface area contributed by atoms with Crippen LogP contribution in [0.1, 0.15) is 0 Å². The summed E-state index contributed by atoms with van der Waals surface area (Å²) in [6.45, 7) is 3.53. The summed E-state index contributed by atoms with van der Waals surface area (Å²) in [5.41, 5.74) is 3.38. The zero-order valence-corrected chi connectivity index (χ0v) is 5.20. The Morgan fingerprint density at radius 1 is 1.89 bits per heavy atom. The van der Waals surface area contributed by atoms with Crippen LogP contribution in [0.5, 0.6) is 0 Å². The van der Waals surface area contributed by atoms with Gasteiger partial charge in [0.05, 0.1) is 6.21 Å². The number of hydrogen-bond donors (Lipinski definition) is 1. The third kappa shape index (κ3) is 1.28. The summed E-state index contributed by atoms with van der Waals surface area (Å²) in [4.78, 5) is 0. The molecule has 0 amide bonds. The summed E-state index contributed by atoms with van der Waals surface area (Å²) in [5.74, 6) is 0. The van der Waals surface area contributed by atoms with E-state index in [9.17, 15) is 0 Å². The Morgan fingerprint density at radius 2 is 2.67 bits per heavy atom. The van der Waals surface area contributed by atoms with Crippen LogP contribution in [0.2, 0.25) is 0 Å². The van der Waals surface area contributed by atoms with Gasteiger partial charge >= 0.3 is 0 Å². The first-order valence-corrected chi connectivity index (χ1v) is 2.56. The number of hydrogen-bond acceptors (Lipinski definition) is 4. The van der Waals surface area contributed by atoms with Crippen molar-refractivity contribution in [2.75, 3.05) is 7.05 Å². The van der Waals surface area contributed by atoms with E-state index in [4.69, 9.17) is 0 Å². The molecule has 0 fully saturated rings. The number of allylic oxidation sites excluding steroid dienone is 1. The Hall–Kier alpha value is -1.32. The quantitative estimate of drug-likeness (QED) is 0.533. The van der Waals surface area contributed by atoms with Crippen molar-refractivity contribution in [1.82, 2.24) is 10.7 Å². The minimum atomic E-state index is 0.744. The highest BCUT2D eigenvalue weighted by Gasteiger charge is 1.95. The minimum absolute atomic E-state index is 0.744. The molecule has 0 bridgehead atoms. The molecule has 1 N–H and O–H groups in total. The predicted molar refractivity (Wildman–Crippen MR) is 37.0 cm³/mol. The van der Waals surface area contributed by atoms with E-state index in [-0.39, 0.29) is 0 Å². The van der Waals surface area contributed by atoms with Gasteiger partial charge in [-0.05, 0) is 6.08 Å². The summed E-state index contributed by atoms with van der Waals surface area (Å²) >= 11 is 0. The highest BCUT2D eigenvalue weighted by Crippen LogP contribution is 1.85. The third-order valence-corrected chi connectivity index (χ3v) is 0.896. The van der Waals surface area contributed by atoms with Gasteiger partial charge in [-0.1, -0.05) is 6.58 Å². The van der Waals surface area contributed by atoms with Crippen molar-refractivity contribution in [3.05, 3.63) is 12.7 Å². The van der Waals surface area contributed by atoms with E-state index in [1.807, 2.05) is 0 Å². The lowest BCUT2D eigenvalue weighted by Crippen LogP contribution is -2.30. The second-order valence-corrected chi connectivity index (χ2v) is 1.61. The molecule has 1 aliphatic rings. The molecule has 0 saturated heterocycles. The SMILES string of the molecule is C=CC1=NNN(C)N=C1. The molecule has 0 radical (unpaired) electrons. The molecule has 0 aromatic rings. The highest BCUT2D eigenvalue weighted by molar-refractivity contribution is 6.35. The average Bonchev–Trinajstić information content (AvgIpc) is 1.90. The third-order valence-electron chi connectivity index (χ3n) is 0.896. The van der Waals surface area contributed by atoms with Gasteiger partial charge in [-0.2, -0.15) is 15.3 Å². The van der Waals surface area contributed by atoms with Crippen LogP contribution in [-0.2, 0) is 0 Å². The molecule has 1 aliphatic heterocycles. The molecule has 0 aromatic carbocycles. The number of hydrazone groups is 2. The molecule has 1 rings (SSSR count). The van der Waals surface area contributed by atoms with Gasteiger partial charge in [0.25, 0.3) is 0 Å². The Kier molecular flexibility index (Phi) is 1.48. The van der Waals surface area contributed by atoms with Crippen molar-refractivity contribution >= 4 is 11.9 Å². The minimum Gasteiger partial charge on any atom is -0.202 e. The second kappa shape index (κ2) is 2.30. The standard InChI is InChI=1S/C5H8N4/c1-3-5-4-6-9(2)8-7-5/h3-4,8H,1H2,2H3. The molecule has 0 saturated carbocycles. The smallest absolute Gasteiger partial charge is 0.104 e. The van der Waals surface area contributed by atoms with E-state index < -0.39 is 0 Å². The topological polar surface area (TPSA) is 40.0 Å². The van der Waals surface area contributed by atoms with E-state index in [2.05, 4.69) is 22.3 Å². The van der Waals surface area contributed by atoms with Gasteiger partial charge in [0, 0.05) is 7.05 Å². The predicted octanol–water partition coefficient (Wildman–Crippen LogP) is -0.0358. The zero-order chi connectivity index (χ0) is 6.69. The van der Waals surface area contributed by atoms with Crippen molar-refractivity contribution in [3.8, 4) is 0 Å². The maximum absolute atomic E-state index is 3.88. The highest BCUT2D eigenvalue weighted by atomic mass is 15.8. The van der Waals surface area contributed by atoms with Crippen LogP contribution in [0.4, 0.5) is 0 Å². The van der Waals surface area contributed by atoms with E-state index >= 15 is 0 Å². The molecule has 0 atom stereocenters.